The van der Waals surface area contributed by atoms with Gasteiger partial charge in [-0.1, -0.05) is 26.8 Å². The summed E-state index contributed by atoms with van der Waals surface area (Å²) >= 11 is 0. The zero-order chi connectivity index (χ0) is 21.9. The van der Waals surface area contributed by atoms with Gasteiger partial charge in [-0.2, -0.15) is 0 Å². The van der Waals surface area contributed by atoms with Crippen molar-refractivity contribution < 1.29 is 23.9 Å². The van der Waals surface area contributed by atoms with E-state index in [4.69, 9.17) is 9.47 Å². The van der Waals surface area contributed by atoms with E-state index in [1.807, 2.05) is 19.1 Å². The number of ether oxygens (including phenoxy) is 2. The van der Waals surface area contributed by atoms with Crippen molar-refractivity contribution in [2.75, 3.05) is 38.2 Å². The van der Waals surface area contributed by atoms with Gasteiger partial charge in [0.25, 0.3) is 0 Å². The minimum absolute atomic E-state index is 0.0115. The molecular formula is C22H33N3O5. The second kappa shape index (κ2) is 12.2. The number of carbonyl (C=O) groups excluding carboxylic acids is 3. The lowest BCUT2D eigenvalue weighted by Crippen LogP contribution is -2.57. The molecule has 0 aromatic heterocycles. The summed E-state index contributed by atoms with van der Waals surface area (Å²) in [6.45, 7) is 8.06. The molecule has 2 N–H and O–H groups in total. The van der Waals surface area contributed by atoms with Crippen LogP contribution in [0.4, 0.5) is 5.69 Å². The number of esters is 1. The highest BCUT2D eigenvalue weighted by Crippen LogP contribution is 2.18. The van der Waals surface area contributed by atoms with Crippen LogP contribution in [0.5, 0.6) is 5.75 Å². The first-order chi connectivity index (χ1) is 14.4. The summed E-state index contributed by atoms with van der Waals surface area (Å²) < 4.78 is 10.8. The molecule has 0 radical (unpaired) electrons. The van der Waals surface area contributed by atoms with Crippen molar-refractivity contribution >= 4 is 23.5 Å². The molecule has 0 aliphatic carbocycles. The van der Waals surface area contributed by atoms with Crippen molar-refractivity contribution in [1.82, 2.24) is 10.2 Å². The van der Waals surface area contributed by atoms with E-state index in [9.17, 15) is 14.4 Å². The fourth-order valence-corrected chi connectivity index (χ4v) is 3.07. The molecule has 1 aromatic carbocycles. The smallest absolute Gasteiger partial charge is 0.307 e. The van der Waals surface area contributed by atoms with Gasteiger partial charge in [0.1, 0.15) is 11.8 Å². The monoisotopic (exact) mass is 419 g/mol. The van der Waals surface area contributed by atoms with E-state index in [0.29, 0.717) is 43.7 Å². The topological polar surface area (TPSA) is 97.0 Å². The lowest BCUT2D eigenvalue weighted by Gasteiger charge is -2.33. The molecule has 8 heteroatoms. The SMILES string of the molecule is CCCOC(=O)CC1C(=O)NCCN1CC(=O)Nc1cccc(OCCC(C)C)c1. The molecule has 1 unspecified atom stereocenters. The Morgan fingerprint density at radius 2 is 2.10 bits per heavy atom. The van der Waals surface area contributed by atoms with Crippen molar-refractivity contribution in [2.45, 2.75) is 46.1 Å². The molecule has 1 aliphatic rings. The Labute approximate surface area is 178 Å². The zero-order valence-corrected chi connectivity index (χ0v) is 18.1. The van der Waals surface area contributed by atoms with E-state index in [1.165, 1.54) is 0 Å². The first-order valence-corrected chi connectivity index (χ1v) is 10.6. The van der Waals surface area contributed by atoms with Crippen LogP contribution in [0, 0.1) is 5.92 Å². The number of hydrogen-bond acceptors (Lipinski definition) is 6. The van der Waals surface area contributed by atoms with Crippen LogP contribution in [0.15, 0.2) is 24.3 Å². The van der Waals surface area contributed by atoms with Gasteiger partial charge in [-0.15, -0.1) is 0 Å². The van der Waals surface area contributed by atoms with Crippen LogP contribution in [0.25, 0.3) is 0 Å². The van der Waals surface area contributed by atoms with Gasteiger partial charge in [0, 0.05) is 24.8 Å². The molecule has 1 saturated heterocycles. The Balaban J connectivity index is 1.91. The maximum absolute atomic E-state index is 12.6. The molecule has 2 amide bonds. The molecule has 166 valence electrons. The number of anilines is 1. The van der Waals surface area contributed by atoms with Gasteiger partial charge in [0.15, 0.2) is 0 Å². The van der Waals surface area contributed by atoms with Crippen LogP contribution < -0.4 is 15.4 Å². The Kier molecular flexibility index (Phi) is 9.60. The molecule has 0 spiro atoms. The Morgan fingerprint density at radius 3 is 2.83 bits per heavy atom. The summed E-state index contributed by atoms with van der Waals surface area (Å²) in [5, 5.41) is 5.59. The fourth-order valence-electron chi connectivity index (χ4n) is 3.07. The first kappa shape index (κ1) is 23.7. The standard InChI is InChI=1S/C22H33N3O5/c1-4-11-30-21(27)14-19-22(28)23-9-10-25(19)15-20(26)24-17-6-5-7-18(13-17)29-12-8-16(2)3/h5-7,13,16,19H,4,8-12,14-15H2,1-3H3,(H,23,28)(H,24,26). The summed E-state index contributed by atoms with van der Waals surface area (Å²) in [6, 6.07) is 6.53. The molecule has 1 aromatic rings. The van der Waals surface area contributed by atoms with Crippen LogP contribution in [0.3, 0.4) is 0 Å². The van der Waals surface area contributed by atoms with E-state index in [0.717, 1.165) is 12.8 Å². The quantitative estimate of drug-likeness (QED) is 0.534. The Morgan fingerprint density at radius 1 is 1.30 bits per heavy atom. The predicted molar refractivity (Wildman–Crippen MR) is 114 cm³/mol. The van der Waals surface area contributed by atoms with Gasteiger partial charge in [-0.05, 0) is 30.9 Å². The van der Waals surface area contributed by atoms with Crippen molar-refractivity contribution in [3.63, 3.8) is 0 Å². The lowest BCUT2D eigenvalue weighted by molar-refractivity contribution is -0.148. The molecule has 1 heterocycles. The van der Waals surface area contributed by atoms with Crippen molar-refractivity contribution in [1.29, 1.82) is 0 Å². The van der Waals surface area contributed by atoms with Gasteiger partial charge >= 0.3 is 5.97 Å². The van der Waals surface area contributed by atoms with Gasteiger partial charge in [0.05, 0.1) is 26.2 Å². The number of benzene rings is 1. The minimum Gasteiger partial charge on any atom is -0.494 e. The number of rotatable bonds is 11. The molecule has 1 atom stereocenters. The summed E-state index contributed by atoms with van der Waals surface area (Å²) in [6.07, 6.45) is 1.60. The Hall–Kier alpha value is -2.61. The second-order valence-corrected chi connectivity index (χ2v) is 7.81. The summed E-state index contributed by atoms with van der Waals surface area (Å²) in [7, 11) is 0. The second-order valence-electron chi connectivity index (χ2n) is 7.81. The predicted octanol–water partition coefficient (Wildman–Crippen LogP) is 2.19. The number of nitrogens with zero attached hydrogens (tertiary/aromatic N) is 1. The number of hydrogen-bond donors (Lipinski definition) is 2. The third-order valence-electron chi connectivity index (χ3n) is 4.70. The summed E-state index contributed by atoms with van der Waals surface area (Å²) in [5.41, 5.74) is 0.627. The molecule has 2 rings (SSSR count). The summed E-state index contributed by atoms with van der Waals surface area (Å²) in [5.74, 6) is 0.304. The van der Waals surface area contributed by atoms with Crippen LogP contribution >= 0.6 is 0 Å². The van der Waals surface area contributed by atoms with Crippen molar-refractivity contribution in [3.05, 3.63) is 24.3 Å². The molecule has 1 aliphatic heterocycles. The zero-order valence-electron chi connectivity index (χ0n) is 18.1. The van der Waals surface area contributed by atoms with Crippen molar-refractivity contribution in [2.24, 2.45) is 5.92 Å². The average Bonchev–Trinajstić information content (AvgIpc) is 2.69. The van der Waals surface area contributed by atoms with Gasteiger partial charge in [-0.25, -0.2) is 0 Å². The van der Waals surface area contributed by atoms with Crippen molar-refractivity contribution in [3.8, 4) is 5.75 Å². The molecular weight excluding hydrogens is 386 g/mol. The molecule has 8 nitrogen and oxygen atoms in total. The van der Waals surface area contributed by atoms with Gasteiger partial charge < -0.3 is 20.1 Å². The number of piperazine rings is 1. The normalized spacial score (nSPS) is 16.8. The van der Waals surface area contributed by atoms with Crippen LogP contribution in [0.2, 0.25) is 0 Å². The molecule has 0 bridgehead atoms. The van der Waals surface area contributed by atoms with E-state index in [1.54, 1.807) is 17.0 Å². The van der Waals surface area contributed by atoms with E-state index < -0.39 is 12.0 Å². The minimum atomic E-state index is -0.709. The van der Waals surface area contributed by atoms with Gasteiger partial charge in [0.2, 0.25) is 11.8 Å². The highest BCUT2D eigenvalue weighted by molar-refractivity contribution is 5.93. The highest BCUT2D eigenvalue weighted by atomic mass is 16.5. The van der Waals surface area contributed by atoms with Gasteiger partial charge in [-0.3, -0.25) is 19.3 Å². The third-order valence-corrected chi connectivity index (χ3v) is 4.70. The van der Waals surface area contributed by atoms with E-state index in [-0.39, 0.29) is 24.8 Å². The van der Waals surface area contributed by atoms with Crippen LogP contribution in [-0.4, -0.2) is 61.6 Å². The lowest BCUT2D eigenvalue weighted by atomic mass is 10.1. The third kappa shape index (κ3) is 8.02. The maximum Gasteiger partial charge on any atom is 0.307 e. The fraction of sp³-hybridized carbons (Fsp3) is 0.591. The van der Waals surface area contributed by atoms with Crippen LogP contribution in [0.1, 0.15) is 40.0 Å². The number of carbonyl (C=O) groups is 3. The van der Waals surface area contributed by atoms with Crippen LogP contribution in [-0.2, 0) is 19.1 Å². The maximum atomic E-state index is 12.6. The largest absolute Gasteiger partial charge is 0.494 e. The van der Waals surface area contributed by atoms with E-state index >= 15 is 0 Å². The molecule has 1 fully saturated rings. The van der Waals surface area contributed by atoms with E-state index in [2.05, 4.69) is 24.5 Å². The molecule has 30 heavy (non-hydrogen) atoms. The number of amides is 2. The first-order valence-electron chi connectivity index (χ1n) is 10.6. The average molecular weight is 420 g/mol. The highest BCUT2D eigenvalue weighted by Gasteiger charge is 2.33. The molecule has 0 saturated carbocycles. The Bertz CT molecular complexity index is 722. The number of nitrogens with one attached hydrogen (secondary N) is 2. The summed E-state index contributed by atoms with van der Waals surface area (Å²) in [4.78, 5) is 38.5.